The maximum absolute atomic E-state index is 12.2. The second-order valence-corrected chi connectivity index (χ2v) is 5.46. The van der Waals surface area contributed by atoms with Gasteiger partial charge in [-0.25, -0.2) is 4.79 Å². The Bertz CT molecular complexity index is 755. The standard InChI is InChI=1S/C19H16O3/c20-18(17-10-9-14-2-1-3-16(14)12-17)11-6-13-4-7-15(8-5-13)19(21)22/h4-12H,1-3H2,(H,21,22)/b11-6+. The number of carbonyl (C=O) groups is 2. The van der Waals surface area contributed by atoms with E-state index >= 15 is 0 Å². The summed E-state index contributed by atoms with van der Waals surface area (Å²) in [4.78, 5) is 23.0. The van der Waals surface area contributed by atoms with Crippen LogP contribution >= 0.6 is 0 Å². The number of aryl methyl sites for hydroxylation is 2. The van der Waals surface area contributed by atoms with Crippen LogP contribution in [-0.2, 0) is 12.8 Å². The number of carbonyl (C=O) groups excluding carboxylic acids is 1. The molecule has 0 radical (unpaired) electrons. The van der Waals surface area contributed by atoms with Gasteiger partial charge in [0.15, 0.2) is 5.78 Å². The molecule has 3 heteroatoms. The van der Waals surface area contributed by atoms with E-state index in [1.807, 2.05) is 18.2 Å². The first-order chi connectivity index (χ1) is 10.6. The molecular formula is C19H16O3. The fraction of sp³-hybridized carbons (Fsp3) is 0.158. The summed E-state index contributed by atoms with van der Waals surface area (Å²) in [5, 5.41) is 8.85. The van der Waals surface area contributed by atoms with Gasteiger partial charge in [-0.2, -0.15) is 0 Å². The molecule has 3 rings (SSSR count). The van der Waals surface area contributed by atoms with Crippen LogP contribution in [0.5, 0.6) is 0 Å². The van der Waals surface area contributed by atoms with Crippen LogP contribution in [0.4, 0.5) is 0 Å². The monoisotopic (exact) mass is 292 g/mol. The lowest BCUT2D eigenvalue weighted by molar-refractivity contribution is 0.0696. The molecule has 2 aromatic carbocycles. The van der Waals surface area contributed by atoms with E-state index in [9.17, 15) is 9.59 Å². The molecule has 1 aliphatic carbocycles. The third kappa shape index (κ3) is 2.98. The molecule has 1 N–H and O–H groups in total. The predicted molar refractivity (Wildman–Crippen MR) is 85.2 cm³/mol. The number of aromatic carboxylic acids is 1. The predicted octanol–water partition coefficient (Wildman–Crippen LogP) is 3.77. The van der Waals surface area contributed by atoms with Crippen molar-refractivity contribution >= 4 is 17.8 Å². The lowest BCUT2D eigenvalue weighted by Gasteiger charge is -2.01. The first-order valence-electron chi connectivity index (χ1n) is 7.31. The van der Waals surface area contributed by atoms with Gasteiger partial charge in [-0.05, 0) is 60.2 Å². The zero-order chi connectivity index (χ0) is 15.5. The lowest BCUT2D eigenvalue weighted by Crippen LogP contribution is -1.96. The zero-order valence-corrected chi connectivity index (χ0v) is 12.1. The number of ketones is 1. The normalized spacial score (nSPS) is 13.3. The van der Waals surface area contributed by atoms with E-state index in [1.165, 1.54) is 35.8 Å². The molecule has 0 heterocycles. The Morgan fingerprint density at radius 2 is 1.59 bits per heavy atom. The summed E-state index contributed by atoms with van der Waals surface area (Å²) in [5.74, 6) is -0.984. The van der Waals surface area contributed by atoms with E-state index in [4.69, 9.17) is 5.11 Å². The van der Waals surface area contributed by atoms with Gasteiger partial charge in [0.1, 0.15) is 0 Å². The van der Waals surface area contributed by atoms with Crippen molar-refractivity contribution in [2.75, 3.05) is 0 Å². The molecule has 0 unspecified atom stereocenters. The molecule has 3 nitrogen and oxygen atoms in total. The highest BCUT2D eigenvalue weighted by Crippen LogP contribution is 2.23. The number of hydrogen-bond donors (Lipinski definition) is 1. The fourth-order valence-corrected chi connectivity index (χ4v) is 2.73. The molecule has 0 aliphatic heterocycles. The minimum Gasteiger partial charge on any atom is -0.478 e. The molecule has 22 heavy (non-hydrogen) atoms. The second-order valence-electron chi connectivity index (χ2n) is 5.46. The van der Waals surface area contributed by atoms with Crippen LogP contribution in [0, 0.1) is 0 Å². The van der Waals surface area contributed by atoms with Crippen molar-refractivity contribution in [1.29, 1.82) is 0 Å². The molecule has 0 amide bonds. The van der Waals surface area contributed by atoms with Gasteiger partial charge in [0, 0.05) is 5.56 Å². The van der Waals surface area contributed by atoms with Crippen LogP contribution in [0.2, 0.25) is 0 Å². The van der Waals surface area contributed by atoms with E-state index in [0.717, 1.165) is 18.4 Å². The third-order valence-corrected chi connectivity index (χ3v) is 3.97. The van der Waals surface area contributed by atoms with Crippen molar-refractivity contribution in [3.05, 3.63) is 76.4 Å². The van der Waals surface area contributed by atoms with Gasteiger partial charge < -0.3 is 5.11 Å². The minimum absolute atomic E-state index is 0.0305. The molecule has 0 saturated heterocycles. The smallest absolute Gasteiger partial charge is 0.335 e. The van der Waals surface area contributed by atoms with E-state index in [-0.39, 0.29) is 11.3 Å². The number of fused-ring (bicyclic) bond motifs is 1. The van der Waals surface area contributed by atoms with Crippen LogP contribution < -0.4 is 0 Å². The van der Waals surface area contributed by atoms with Crippen molar-refractivity contribution in [2.45, 2.75) is 19.3 Å². The summed E-state index contributed by atoms with van der Waals surface area (Å²) in [7, 11) is 0. The Labute approximate surface area is 128 Å². The molecule has 0 atom stereocenters. The summed E-state index contributed by atoms with van der Waals surface area (Å²) in [5.41, 5.74) is 4.38. The molecule has 2 aromatic rings. The van der Waals surface area contributed by atoms with Gasteiger partial charge in [0.2, 0.25) is 0 Å². The highest BCUT2D eigenvalue weighted by atomic mass is 16.4. The van der Waals surface area contributed by atoms with E-state index < -0.39 is 5.97 Å². The van der Waals surface area contributed by atoms with E-state index in [1.54, 1.807) is 18.2 Å². The van der Waals surface area contributed by atoms with E-state index in [0.29, 0.717) is 5.56 Å². The van der Waals surface area contributed by atoms with Gasteiger partial charge in [-0.3, -0.25) is 4.79 Å². The number of allylic oxidation sites excluding steroid dienone is 1. The molecule has 1 aliphatic rings. The average molecular weight is 292 g/mol. The number of carboxylic acid groups (broad SMARTS) is 1. The molecule has 0 saturated carbocycles. The maximum atomic E-state index is 12.2. The number of benzene rings is 2. The summed E-state index contributed by atoms with van der Waals surface area (Å²) in [6.07, 6.45) is 6.57. The van der Waals surface area contributed by atoms with Crippen molar-refractivity contribution in [1.82, 2.24) is 0 Å². The lowest BCUT2D eigenvalue weighted by atomic mass is 10.0. The highest BCUT2D eigenvalue weighted by Gasteiger charge is 2.12. The molecule has 0 aromatic heterocycles. The Morgan fingerprint density at radius 1 is 0.909 bits per heavy atom. The van der Waals surface area contributed by atoms with Gasteiger partial charge in [0.05, 0.1) is 5.56 Å². The molecule has 0 bridgehead atoms. The van der Waals surface area contributed by atoms with Crippen molar-refractivity contribution in [3.63, 3.8) is 0 Å². The average Bonchev–Trinajstić information content (AvgIpc) is 3.00. The van der Waals surface area contributed by atoms with Crippen molar-refractivity contribution < 1.29 is 14.7 Å². The molecule has 0 fully saturated rings. The Hall–Kier alpha value is -2.68. The fourth-order valence-electron chi connectivity index (χ4n) is 2.73. The third-order valence-electron chi connectivity index (χ3n) is 3.97. The van der Waals surface area contributed by atoms with Crippen LogP contribution in [0.1, 0.15) is 43.8 Å². The number of rotatable bonds is 4. The summed E-state index contributed by atoms with van der Waals surface area (Å²) < 4.78 is 0. The van der Waals surface area contributed by atoms with E-state index in [2.05, 4.69) is 0 Å². The molecule has 0 spiro atoms. The maximum Gasteiger partial charge on any atom is 0.335 e. The second kappa shape index (κ2) is 5.98. The number of hydrogen-bond acceptors (Lipinski definition) is 2. The Kier molecular flexibility index (Phi) is 3.88. The summed E-state index contributed by atoms with van der Waals surface area (Å²) >= 11 is 0. The first kappa shape index (κ1) is 14.3. The summed E-state index contributed by atoms with van der Waals surface area (Å²) in [6.45, 7) is 0. The largest absolute Gasteiger partial charge is 0.478 e. The minimum atomic E-state index is -0.954. The molecular weight excluding hydrogens is 276 g/mol. The van der Waals surface area contributed by atoms with Crippen LogP contribution in [0.3, 0.4) is 0 Å². The first-order valence-corrected chi connectivity index (χ1v) is 7.31. The zero-order valence-electron chi connectivity index (χ0n) is 12.1. The van der Waals surface area contributed by atoms with Crippen molar-refractivity contribution in [2.24, 2.45) is 0 Å². The van der Waals surface area contributed by atoms with Gasteiger partial charge >= 0.3 is 5.97 Å². The molecule has 110 valence electrons. The van der Waals surface area contributed by atoms with Crippen LogP contribution in [0.25, 0.3) is 6.08 Å². The Morgan fingerprint density at radius 3 is 2.32 bits per heavy atom. The Balaban J connectivity index is 1.74. The van der Waals surface area contributed by atoms with Gasteiger partial charge in [-0.15, -0.1) is 0 Å². The quantitative estimate of drug-likeness (QED) is 0.689. The van der Waals surface area contributed by atoms with Crippen molar-refractivity contribution in [3.8, 4) is 0 Å². The van der Waals surface area contributed by atoms with Gasteiger partial charge in [0.25, 0.3) is 0 Å². The number of carboxylic acids is 1. The summed E-state index contributed by atoms with van der Waals surface area (Å²) in [6, 6.07) is 12.4. The van der Waals surface area contributed by atoms with Gasteiger partial charge in [-0.1, -0.05) is 30.3 Å². The van der Waals surface area contributed by atoms with Crippen LogP contribution in [-0.4, -0.2) is 16.9 Å². The topological polar surface area (TPSA) is 54.4 Å². The van der Waals surface area contributed by atoms with Crippen LogP contribution in [0.15, 0.2) is 48.5 Å². The highest BCUT2D eigenvalue weighted by molar-refractivity contribution is 6.07. The SMILES string of the molecule is O=C(O)c1ccc(/C=C/C(=O)c2ccc3c(c2)CCC3)cc1.